The van der Waals surface area contributed by atoms with Crippen molar-refractivity contribution in [3.8, 4) is 17.0 Å². The summed E-state index contributed by atoms with van der Waals surface area (Å²) in [5.41, 5.74) is 2.38. The van der Waals surface area contributed by atoms with E-state index in [1.165, 1.54) is 24.3 Å². The van der Waals surface area contributed by atoms with E-state index in [1.54, 1.807) is 28.9 Å². The number of rotatable bonds is 2. The van der Waals surface area contributed by atoms with E-state index < -0.39 is 6.36 Å². The fourth-order valence-electron chi connectivity index (χ4n) is 2.01. The number of nitrogens with zero attached hydrogens (tertiary/aromatic N) is 3. The zero-order valence-corrected chi connectivity index (χ0v) is 11.0. The van der Waals surface area contributed by atoms with Crippen LogP contribution in [0.4, 0.5) is 18.9 Å². The highest BCUT2D eigenvalue weighted by Crippen LogP contribution is 2.26. The zero-order chi connectivity index (χ0) is 15.7. The predicted octanol–water partition coefficient (Wildman–Crippen LogP) is 4.45. The van der Waals surface area contributed by atoms with Crippen molar-refractivity contribution in [1.29, 1.82) is 0 Å². The summed E-state index contributed by atoms with van der Waals surface area (Å²) < 4.78 is 41.9. The minimum absolute atomic E-state index is 0.282. The van der Waals surface area contributed by atoms with Crippen LogP contribution in [0.3, 0.4) is 0 Å². The maximum Gasteiger partial charge on any atom is 0.573 e. The number of hydrogen-bond donors (Lipinski definition) is 0. The van der Waals surface area contributed by atoms with E-state index >= 15 is 0 Å². The third-order valence-electron chi connectivity index (χ3n) is 2.95. The van der Waals surface area contributed by atoms with Crippen LogP contribution in [0.1, 0.15) is 0 Å². The highest BCUT2D eigenvalue weighted by Gasteiger charge is 2.30. The SMILES string of the molecule is [C-]#[N+]c1ccc2nc(-c3ccc(OC(F)(F)F)cc3)cn2c1. The van der Waals surface area contributed by atoms with Gasteiger partial charge in [0.25, 0.3) is 0 Å². The number of pyridine rings is 1. The van der Waals surface area contributed by atoms with Crippen molar-refractivity contribution in [2.75, 3.05) is 0 Å². The molecule has 22 heavy (non-hydrogen) atoms. The van der Waals surface area contributed by atoms with Crippen LogP contribution in [0.15, 0.2) is 48.8 Å². The van der Waals surface area contributed by atoms with Crippen molar-refractivity contribution >= 4 is 11.3 Å². The molecule has 0 unspecified atom stereocenters. The first-order chi connectivity index (χ1) is 10.4. The number of aromatic nitrogens is 2. The first kappa shape index (κ1) is 13.9. The van der Waals surface area contributed by atoms with Gasteiger partial charge in [-0.15, -0.1) is 13.2 Å². The number of fused-ring (bicyclic) bond motifs is 1. The summed E-state index contributed by atoms with van der Waals surface area (Å²) in [6.07, 6.45) is -1.36. The molecule has 0 amide bonds. The van der Waals surface area contributed by atoms with Gasteiger partial charge in [0.2, 0.25) is 5.69 Å². The summed E-state index contributed by atoms with van der Waals surface area (Å²) in [5, 5.41) is 0. The zero-order valence-electron chi connectivity index (χ0n) is 11.0. The van der Waals surface area contributed by atoms with E-state index in [2.05, 4.69) is 14.6 Å². The smallest absolute Gasteiger partial charge is 0.406 e. The van der Waals surface area contributed by atoms with Crippen LogP contribution in [-0.4, -0.2) is 15.7 Å². The van der Waals surface area contributed by atoms with Gasteiger partial charge in [-0.25, -0.2) is 9.83 Å². The van der Waals surface area contributed by atoms with Gasteiger partial charge in [-0.1, -0.05) is 6.07 Å². The molecule has 2 aromatic heterocycles. The fraction of sp³-hybridized carbons (Fsp3) is 0.0667. The van der Waals surface area contributed by atoms with Crippen molar-refractivity contribution in [3.05, 3.63) is 60.2 Å². The monoisotopic (exact) mass is 303 g/mol. The van der Waals surface area contributed by atoms with Gasteiger partial charge >= 0.3 is 6.36 Å². The molecule has 2 heterocycles. The molecule has 0 aliphatic carbocycles. The first-order valence-electron chi connectivity index (χ1n) is 6.17. The number of benzene rings is 1. The number of hydrogen-bond acceptors (Lipinski definition) is 2. The van der Waals surface area contributed by atoms with Gasteiger partial charge in [-0.3, -0.25) is 0 Å². The molecule has 0 fully saturated rings. The second-order valence-electron chi connectivity index (χ2n) is 4.46. The Balaban J connectivity index is 1.92. The van der Waals surface area contributed by atoms with Crippen molar-refractivity contribution < 1.29 is 17.9 Å². The summed E-state index contributed by atoms with van der Waals surface area (Å²) in [4.78, 5) is 7.69. The standard InChI is InChI=1S/C15H8F3N3O/c1-19-11-4-7-14-20-13(9-21(14)8-11)10-2-5-12(6-3-10)22-15(16,17)18/h2-9H. The molecule has 0 bridgehead atoms. The van der Waals surface area contributed by atoms with Crippen LogP contribution in [0.25, 0.3) is 21.7 Å². The lowest BCUT2D eigenvalue weighted by Crippen LogP contribution is -2.16. The molecule has 0 spiro atoms. The second-order valence-corrected chi connectivity index (χ2v) is 4.46. The van der Waals surface area contributed by atoms with Gasteiger partial charge < -0.3 is 9.14 Å². The maximum absolute atomic E-state index is 12.1. The van der Waals surface area contributed by atoms with Gasteiger partial charge in [-0.05, 0) is 30.3 Å². The van der Waals surface area contributed by atoms with Crippen molar-refractivity contribution in [2.24, 2.45) is 0 Å². The Hall–Kier alpha value is -3.01. The molecule has 7 heteroatoms. The first-order valence-corrected chi connectivity index (χ1v) is 6.17. The lowest BCUT2D eigenvalue weighted by Gasteiger charge is -2.08. The van der Waals surface area contributed by atoms with Gasteiger partial charge in [0.05, 0.1) is 12.3 Å². The van der Waals surface area contributed by atoms with E-state index in [0.717, 1.165) is 0 Å². The van der Waals surface area contributed by atoms with Crippen molar-refractivity contribution in [2.45, 2.75) is 6.36 Å². The Kier molecular flexibility index (Phi) is 3.22. The maximum atomic E-state index is 12.1. The van der Waals surface area contributed by atoms with Crippen LogP contribution in [0, 0.1) is 6.57 Å². The molecule has 110 valence electrons. The lowest BCUT2D eigenvalue weighted by molar-refractivity contribution is -0.274. The van der Waals surface area contributed by atoms with Gasteiger partial charge in [0, 0.05) is 18.0 Å². The summed E-state index contributed by atoms with van der Waals surface area (Å²) in [6, 6.07) is 8.82. The Labute approximate surface area is 123 Å². The Morgan fingerprint density at radius 2 is 1.77 bits per heavy atom. The Morgan fingerprint density at radius 3 is 2.41 bits per heavy atom. The minimum atomic E-state index is -4.71. The van der Waals surface area contributed by atoms with Crippen LogP contribution in [0.5, 0.6) is 5.75 Å². The van der Waals surface area contributed by atoms with Crippen LogP contribution >= 0.6 is 0 Å². The molecule has 0 saturated heterocycles. The third kappa shape index (κ3) is 2.86. The van der Waals surface area contributed by atoms with Crippen molar-refractivity contribution in [1.82, 2.24) is 9.38 Å². The summed E-state index contributed by atoms with van der Waals surface area (Å²) in [6.45, 7) is 6.97. The molecule has 3 aromatic rings. The quantitative estimate of drug-likeness (QED) is 0.655. The molecule has 0 aliphatic rings. The van der Waals surface area contributed by atoms with E-state index in [1.807, 2.05) is 0 Å². The van der Waals surface area contributed by atoms with Gasteiger partial charge in [-0.2, -0.15) is 0 Å². The number of alkyl halides is 3. The second kappa shape index (κ2) is 5.07. The predicted molar refractivity (Wildman–Crippen MR) is 73.6 cm³/mol. The molecule has 0 N–H and O–H groups in total. The third-order valence-corrected chi connectivity index (χ3v) is 2.95. The van der Waals surface area contributed by atoms with Gasteiger partial charge in [0.15, 0.2) is 0 Å². The van der Waals surface area contributed by atoms with E-state index in [9.17, 15) is 13.2 Å². The largest absolute Gasteiger partial charge is 0.573 e. The lowest BCUT2D eigenvalue weighted by atomic mass is 10.2. The summed E-state index contributed by atoms with van der Waals surface area (Å²) in [7, 11) is 0. The molecule has 0 atom stereocenters. The average Bonchev–Trinajstić information content (AvgIpc) is 2.89. The molecule has 0 saturated carbocycles. The summed E-state index contributed by atoms with van der Waals surface area (Å²) in [5.74, 6) is -0.282. The van der Waals surface area contributed by atoms with Crippen LogP contribution in [-0.2, 0) is 0 Å². The van der Waals surface area contributed by atoms with Crippen LogP contribution < -0.4 is 4.74 Å². The number of ether oxygens (including phenoxy) is 1. The Bertz CT molecular complexity index is 860. The van der Waals surface area contributed by atoms with Crippen LogP contribution in [0.2, 0.25) is 0 Å². The van der Waals surface area contributed by atoms with E-state index in [0.29, 0.717) is 22.6 Å². The Morgan fingerprint density at radius 1 is 1.05 bits per heavy atom. The van der Waals surface area contributed by atoms with E-state index in [-0.39, 0.29) is 5.75 Å². The minimum Gasteiger partial charge on any atom is -0.406 e. The van der Waals surface area contributed by atoms with Gasteiger partial charge in [0.1, 0.15) is 11.4 Å². The number of imidazole rings is 1. The molecule has 4 nitrogen and oxygen atoms in total. The molecular weight excluding hydrogens is 295 g/mol. The normalized spacial score (nSPS) is 11.4. The molecular formula is C15H8F3N3O. The molecule has 1 aromatic carbocycles. The molecule has 0 aliphatic heterocycles. The topological polar surface area (TPSA) is 30.9 Å². The van der Waals surface area contributed by atoms with E-state index in [4.69, 9.17) is 6.57 Å². The fourth-order valence-corrected chi connectivity index (χ4v) is 2.01. The molecule has 3 rings (SSSR count). The molecule has 0 radical (unpaired) electrons. The highest BCUT2D eigenvalue weighted by atomic mass is 19.4. The number of halogens is 3. The average molecular weight is 303 g/mol. The summed E-state index contributed by atoms with van der Waals surface area (Å²) >= 11 is 0. The highest BCUT2D eigenvalue weighted by molar-refractivity contribution is 5.64. The van der Waals surface area contributed by atoms with Crippen molar-refractivity contribution in [3.63, 3.8) is 0 Å².